The first-order valence-corrected chi connectivity index (χ1v) is 12.9. The van der Waals surface area contributed by atoms with Crippen LogP contribution in [0.2, 0.25) is 0 Å². The molecule has 0 aliphatic carbocycles. The molecule has 0 fully saturated rings. The highest BCUT2D eigenvalue weighted by atomic mass is 32.1. The predicted molar refractivity (Wildman–Crippen MR) is 152 cm³/mol. The minimum atomic E-state index is -0.0171. The molecule has 1 N–H and O–H groups in total. The highest BCUT2D eigenvalue weighted by Gasteiger charge is 2.20. The van der Waals surface area contributed by atoms with Gasteiger partial charge in [0.2, 0.25) is 0 Å². The summed E-state index contributed by atoms with van der Waals surface area (Å²) >= 11 is 1.62. The Bertz CT molecular complexity index is 1740. The molecule has 0 spiro atoms. The fraction of sp³-hybridized carbons (Fsp3) is 0.125. The molecule has 4 aromatic carbocycles. The van der Waals surface area contributed by atoms with Gasteiger partial charge in [0.25, 0.3) is 0 Å². The molecule has 36 heavy (non-hydrogen) atoms. The minimum Gasteiger partial charge on any atom is -0.507 e. The molecule has 2 aromatic heterocycles. The van der Waals surface area contributed by atoms with Crippen molar-refractivity contribution in [2.75, 3.05) is 0 Å². The van der Waals surface area contributed by atoms with E-state index in [1.807, 2.05) is 24.4 Å². The number of fused-ring (bicyclic) bond motifs is 2. The summed E-state index contributed by atoms with van der Waals surface area (Å²) in [7, 11) is 0. The van der Waals surface area contributed by atoms with Gasteiger partial charge in [0.1, 0.15) is 10.8 Å². The lowest BCUT2D eigenvalue weighted by Crippen LogP contribution is -2.11. The number of phenolic OH excluding ortho intramolecular Hbond substituents is 1. The van der Waals surface area contributed by atoms with E-state index in [1.54, 1.807) is 17.4 Å². The maximum Gasteiger partial charge on any atom is 0.128 e. The SMILES string of the molecule is CC(C)(C)c1cc(-c2cccc(-c3nccc4ccccc34)c2)c2nc(-c3ccccc3O)sc2c1. The molecular weight excluding hydrogens is 460 g/mol. The van der Waals surface area contributed by atoms with Crippen LogP contribution in [0.3, 0.4) is 0 Å². The number of hydrogen-bond acceptors (Lipinski definition) is 4. The quantitative estimate of drug-likeness (QED) is 0.272. The summed E-state index contributed by atoms with van der Waals surface area (Å²) < 4.78 is 1.12. The first-order chi connectivity index (χ1) is 17.4. The molecule has 0 amide bonds. The molecule has 0 aliphatic rings. The van der Waals surface area contributed by atoms with Crippen molar-refractivity contribution in [2.24, 2.45) is 0 Å². The molecule has 3 nitrogen and oxygen atoms in total. The van der Waals surface area contributed by atoms with E-state index in [0.717, 1.165) is 48.6 Å². The van der Waals surface area contributed by atoms with Crippen molar-refractivity contribution in [3.8, 4) is 38.7 Å². The van der Waals surface area contributed by atoms with Gasteiger partial charge in [-0.1, -0.05) is 75.4 Å². The van der Waals surface area contributed by atoms with Gasteiger partial charge >= 0.3 is 0 Å². The molecule has 0 bridgehead atoms. The van der Waals surface area contributed by atoms with E-state index < -0.39 is 0 Å². The second-order valence-corrected chi connectivity index (χ2v) is 11.1. The third-order valence-corrected chi connectivity index (χ3v) is 7.65. The highest BCUT2D eigenvalue weighted by molar-refractivity contribution is 7.21. The predicted octanol–water partition coefficient (Wildman–Crippen LogP) is 8.85. The van der Waals surface area contributed by atoms with E-state index in [-0.39, 0.29) is 11.2 Å². The average Bonchev–Trinajstić information content (AvgIpc) is 3.32. The van der Waals surface area contributed by atoms with Gasteiger partial charge in [-0.2, -0.15) is 0 Å². The normalized spacial score (nSPS) is 11.9. The second-order valence-electron chi connectivity index (χ2n) is 10.1. The molecule has 6 rings (SSSR count). The molecule has 0 aliphatic heterocycles. The molecule has 0 saturated carbocycles. The summed E-state index contributed by atoms with van der Waals surface area (Å²) in [6, 6.07) is 30.9. The number of nitrogens with zero attached hydrogens (tertiary/aromatic N) is 2. The van der Waals surface area contributed by atoms with E-state index >= 15 is 0 Å². The number of aromatic nitrogens is 2. The minimum absolute atomic E-state index is 0.0171. The zero-order chi connectivity index (χ0) is 24.9. The first-order valence-electron chi connectivity index (χ1n) is 12.1. The maximum atomic E-state index is 10.5. The largest absolute Gasteiger partial charge is 0.507 e. The Morgan fingerprint density at radius 3 is 2.36 bits per heavy atom. The van der Waals surface area contributed by atoms with Crippen molar-refractivity contribution in [3.63, 3.8) is 0 Å². The average molecular weight is 487 g/mol. The van der Waals surface area contributed by atoms with Gasteiger partial charge in [-0.3, -0.25) is 4.98 Å². The van der Waals surface area contributed by atoms with Crippen LogP contribution in [0.5, 0.6) is 5.75 Å². The number of hydrogen-bond donors (Lipinski definition) is 1. The van der Waals surface area contributed by atoms with Crippen LogP contribution in [0, 0.1) is 0 Å². The molecule has 176 valence electrons. The Kier molecular flexibility index (Phi) is 5.35. The third kappa shape index (κ3) is 3.94. The van der Waals surface area contributed by atoms with Crippen LogP contribution in [0.25, 0.3) is 53.9 Å². The molecule has 2 heterocycles. The van der Waals surface area contributed by atoms with Gasteiger partial charge < -0.3 is 5.11 Å². The van der Waals surface area contributed by atoms with Crippen molar-refractivity contribution in [1.29, 1.82) is 0 Å². The Morgan fingerprint density at radius 2 is 1.53 bits per heavy atom. The standard InChI is InChI=1S/C32H26N2OS/c1-32(2,3)23-18-26(30-28(19-23)36-31(34-30)25-13-6-7-14-27(25)35)21-10-8-11-22(17-21)29-24-12-5-4-9-20(24)15-16-33-29/h4-19,35H,1-3H3. The summed E-state index contributed by atoms with van der Waals surface area (Å²) in [5.74, 6) is 0.248. The van der Waals surface area contributed by atoms with Gasteiger partial charge in [0.05, 0.1) is 21.5 Å². The number of pyridine rings is 1. The van der Waals surface area contributed by atoms with E-state index in [0.29, 0.717) is 0 Å². The maximum absolute atomic E-state index is 10.5. The smallest absolute Gasteiger partial charge is 0.128 e. The molecule has 4 heteroatoms. The van der Waals surface area contributed by atoms with Crippen molar-refractivity contribution in [3.05, 3.63) is 103 Å². The van der Waals surface area contributed by atoms with Gasteiger partial charge in [0, 0.05) is 22.7 Å². The van der Waals surface area contributed by atoms with Crippen molar-refractivity contribution in [1.82, 2.24) is 9.97 Å². The van der Waals surface area contributed by atoms with Crippen LogP contribution in [0.1, 0.15) is 26.3 Å². The van der Waals surface area contributed by atoms with Gasteiger partial charge in [-0.25, -0.2) is 4.98 Å². The second kappa shape index (κ2) is 8.58. The molecule has 0 saturated heterocycles. The summed E-state index contributed by atoms with van der Waals surface area (Å²) in [5, 5.41) is 13.6. The van der Waals surface area contributed by atoms with E-state index in [9.17, 15) is 5.11 Å². The molecule has 6 aromatic rings. The van der Waals surface area contributed by atoms with Gasteiger partial charge in [-0.15, -0.1) is 11.3 Å². The lowest BCUT2D eigenvalue weighted by molar-refractivity contribution is 0.477. The van der Waals surface area contributed by atoms with Crippen LogP contribution < -0.4 is 0 Å². The Morgan fingerprint density at radius 1 is 0.750 bits per heavy atom. The zero-order valence-electron chi connectivity index (χ0n) is 20.5. The number of benzene rings is 4. The third-order valence-electron chi connectivity index (χ3n) is 6.62. The number of aromatic hydroxyl groups is 1. The van der Waals surface area contributed by atoms with E-state index in [4.69, 9.17) is 9.97 Å². The number of para-hydroxylation sites is 1. The summed E-state index contributed by atoms with van der Waals surface area (Å²) in [6.45, 7) is 6.71. The van der Waals surface area contributed by atoms with Gasteiger partial charge in [-0.05, 0) is 58.3 Å². The first kappa shape index (κ1) is 22.4. The Balaban J connectivity index is 1.58. The Labute approximate surface area is 214 Å². The number of thiazole rings is 1. The number of rotatable bonds is 3. The number of phenols is 1. The van der Waals surface area contributed by atoms with Crippen LogP contribution in [-0.4, -0.2) is 15.1 Å². The van der Waals surface area contributed by atoms with Crippen LogP contribution >= 0.6 is 11.3 Å². The van der Waals surface area contributed by atoms with Gasteiger partial charge in [0.15, 0.2) is 0 Å². The van der Waals surface area contributed by atoms with Crippen molar-refractivity contribution in [2.45, 2.75) is 26.2 Å². The van der Waals surface area contributed by atoms with E-state index in [1.165, 1.54) is 10.9 Å². The summed E-state index contributed by atoms with van der Waals surface area (Å²) in [5.41, 5.74) is 7.21. The fourth-order valence-electron chi connectivity index (χ4n) is 4.64. The van der Waals surface area contributed by atoms with Crippen LogP contribution in [0.15, 0.2) is 97.2 Å². The molecular formula is C32H26N2OS. The Hall–Kier alpha value is -4.02. The van der Waals surface area contributed by atoms with Crippen LogP contribution in [0.4, 0.5) is 0 Å². The highest BCUT2D eigenvalue weighted by Crippen LogP contribution is 2.42. The molecule has 0 atom stereocenters. The molecule has 0 radical (unpaired) electrons. The lowest BCUT2D eigenvalue weighted by atomic mass is 9.85. The van der Waals surface area contributed by atoms with Crippen molar-refractivity contribution < 1.29 is 5.11 Å². The van der Waals surface area contributed by atoms with E-state index in [2.05, 4.69) is 87.5 Å². The lowest BCUT2D eigenvalue weighted by Gasteiger charge is -2.20. The summed E-state index contributed by atoms with van der Waals surface area (Å²) in [6.07, 6.45) is 1.88. The van der Waals surface area contributed by atoms with Crippen molar-refractivity contribution >= 4 is 32.3 Å². The van der Waals surface area contributed by atoms with Crippen LogP contribution in [-0.2, 0) is 5.41 Å². The monoisotopic (exact) mass is 486 g/mol. The fourth-order valence-corrected chi connectivity index (χ4v) is 5.70. The summed E-state index contributed by atoms with van der Waals surface area (Å²) in [4.78, 5) is 9.78. The zero-order valence-corrected chi connectivity index (χ0v) is 21.3. The topological polar surface area (TPSA) is 46.0 Å². The molecule has 0 unspecified atom stereocenters.